The zero-order chi connectivity index (χ0) is 14.7. The summed E-state index contributed by atoms with van der Waals surface area (Å²) in [5.74, 6) is -0.439. The maximum atomic E-state index is 11.0. The molecule has 1 unspecified atom stereocenters. The topological polar surface area (TPSA) is 55.1 Å². The van der Waals surface area contributed by atoms with E-state index in [0.717, 1.165) is 11.3 Å². The van der Waals surface area contributed by atoms with Crippen molar-refractivity contribution < 1.29 is 4.79 Å². The first kappa shape index (κ1) is 14.7. The SMILES string of the molecule is CC(Nc1ccc(C(N)=O)cc1)c1ccc(Cl)cc1Cl. The summed E-state index contributed by atoms with van der Waals surface area (Å²) in [4.78, 5) is 11.0. The minimum atomic E-state index is -0.439. The molecule has 1 amide bonds. The lowest BCUT2D eigenvalue weighted by atomic mass is 10.1. The van der Waals surface area contributed by atoms with Crippen molar-refractivity contribution >= 4 is 34.8 Å². The van der Waals surface area contributed by atoms with Crippen LogP contribution in [0.4, 0.5) is 5.69 Å². The van der Waals surface area contributed by atoms with Gasteiger partial charge in [0.25, 0.3) is 0 Å². The first-order chi connectivity index (χ1) is 9.47. The molecule has 2 aromatic carbocycles. The van der Waals surface area contributed by atoms with Gasteiger partial charge in [-0.1, -0.05) is 29.3 Å². The van der Waals surface area contributed by atoms with Crippen molar-refractivity contribution in [2.45, 2.75) is 13.0 Å². The van der Waals surface area contributed by atoms with E-state index in [-0.39, 0.29) is 6.04 Å². The number of primary amides is 1. The van der Waals surface area contributed by atoms with E-state index in [9.17, 15) is 4.79 Å². The molecule has 0 aromatic heterocycles. The largest absolute Gasteiger partial charge is 0.378 e. The van der Waals surface area contributed by atoms with Gasteiger partial charge in [0.2, 0.25) is 5.91 Å². The quantitative estimate of drug-likeness (QED) is 0.886. The Bertz CT molecular complexity index is 626. The molecule has 0 spiro atoms. The number of carbonyl (C=O) groups excluding carboxylic acids is 1. The highest BCUT2D eigenvalue weighted by Crippen LogP contribution is 2.28. The zero-order valence-electron chi connectivity index (χ0n) is 10.9. The molecule has 0 saturated carbocycles. The minimum Gasteiger partial charge on any atom is -0.378 e. The maximum absolute atomic E-state index is 11.0. The van der Waals surface area contributed by atoms with Gasteiger partial charge in [-0.15, -0.1) is 0 Å². The third kappa shape index (κ3) is 3.44. The van der Waals surface area contributed by atoms with Gasteiger partial charge >= 0.3 is 0 Å². The predicted molar refractivity (Wildman–Crippen MR) is 83.5 cm³/mol. The van der Waals surface area contributed by atoms with Crippen molar-refractivity contribution in [3.05, 3.63) is 63.6 Å². The van der Waals surface area contributed by atoms with E-state index in [1.165, 1.54) is 0 Å². The lowest BCUT2D eigenvalue weighted by Gasteiger charge is -2.17. The summed E-state index contributed by atoms with van der Waals surface area (Å²) in [5.41, 5.74) is 7.52. The molecule has 1 atom stereocenters. The monoisotopic (exact) mass is 308 g/mol. The first-order valence-electron chi connectivity index (χ1n) is 6.08. The molecule has 3 nitrogen and oxygen atoms in total. The van der Waals surface area contributed by atoms with E-state index < -0.39 is 5.91 Å². The number of hydrogen-bond acceptors (Lipinski definition) is 2. The van der Waals surface area contributed by atoms with Crippen molar-refractivity contribution in [3.8, 4) is 0 Å². The molecule has 20 heavy (non-hydrogen) atoms. The van der Waals surface area contributed by atoms with Crippen LogP contribution in [0.25, 0.3) is 0 Å². The third-order valence-corrected chi connectivity index (χ3v) is 3.54. The van der Waals surface area contributed by atoms with Crippen LogP contribution in [0.1, 0.15) is 28.9 Å². The molecule has 0 heterocycles. The van der Waals surface area contributed by atoms with Gasteiger partial charge in [-0.25, -0.2) is 0 Å². The highest BCUT2D eigenvalue weighted by Gasteiger charge is 2.10. The van der Waals surface area contributed by atoms with Gasteiger partial charge in [0.15, 0.2) is 0 Å². The van der Waals surface area contributed by atoms with E-state index in [4.69, 9.17) is 28.9 Å². The summed E-state index contributed by atoms with van der Waals surface area (Å²) in [7, 11) is 0. The van der Waals surface area contributed by atoms with Gasteiger partial charge in [0.05, 0.1) is 0 Å². The van der Waals surface area contributed by atoms with Crippen molar-refractivity contribution in [2.24, 2.45) is 5.73 Å². The molecule has 0 aliphatic heterocycles. The van der Waals surface area contributed by atoms with Crippen LogP contribution < -0.4 is 11.1 Å². The molecule has 0 radical (unpaired) electrons. The lowest BCUT2D eigenvalue weighted by molar-refractivity contribution is 0.100. The van der Waals surface area contributed by atoms with Crippen LogP contribution in [-0.2, 0) is 0 Å². The average molecular weight is 309 g/mol. The van der Waals surface area contributed by atoms with Gasteiger partial charge in [0, 0.05) is 27.3 Å². The van der Waals surface area contributed by atoms with Crippen LogP contribution in [0.3, 0.4) is 0 Å². The molecule has 0 aliphatic rings. The van der Waals surface area contributed by atoms with E-state index in [0.29, 0.717) is 15.6 Å². The molecule has 3 N–H and O–H groups in total. The number of carbonyl (C=O) groups is 1. The number of benzene rings is 2. The zero-order valence-corrected chi connectivity index (χ0v) is 12.4. The normalized spacial score (nSPS) is 11.9. The first-order valence-corrected chi connectivity index (χ1v) is 6.84. The Morgan fingerprint density at radius 1 is 1.15 bits per heavy atom. The summed E-state index contributed by atoms with van der Waals surface area (Å²) in [5, 5.41) is 4.53. The van der Waals surface area contributed by atoms with Crippen LogP contribution in [0.5, 0.6) is 0 Å². The summed E-state index contributed by atoms with van der Waals surface area (Å²) in [6.07, 6.45) is 0. The van der Waals surface area contributed by atoms with Crippen LogP contribution in [0.15, 0.2) is 42.5 Å². The Balaban J connectivity index is 2.14. The maximum Gasteiger partial charge on any atom is 0.248 e. The molecule has 0 aliphatic carbocycles. The second-order valence-electron chi connectivity index (χ2n) is 4.47. The summed E-state index contributed by atoms with van der Waals surface area (Å²) in [6, 6.07) is 12.4. The molecule has 0 saturated heterocycles. The number of rotatable bonds is 4. The number of anilines is 1. The fraction of sp³-hybridized carbons (Fsp3) is 0.133. The summed E-state index contributed by atoms with van der Waals surface area (Å²) < 4.78 is 0. The molecule has 2 aromatic rings. The van der Waals surface area contributed by atoms with Gasteiger partial charge in [-0.2, -0.15) is 0 Å². The Hall–Kier alpha value is -1.71. The Morgan fingerprint density at radius 2 is 1.80 bits per heavy atom. The summed E-state index contributed by atoms with van der Waals surface area (Å²) in [6.45, 7) is 2.00. The standard InChI is InChI=1S/C15H14Cl2N2O/c1-9(13-7-4-11(16)8-14(13)17)19-12-5-2-10(3-6-12)15(18)20/h2-9,19H,1H3,(H2,18,20). The number of amides is 1. The third-order valence-electron chi connectivity index (χ3n) is 2.98. The smallest absolute Gasteiger partial charge is 0.248 e. The van der Waals surface area contributed by atoms with Crippen molar-refractivity contribution in [2.75, 3.05) is 5.32 Å². The van der Waals surface area contributed by atoms with Crippen LogP contribution >= 0.6 is 23.2 Å². The summed E-state index contributed by atoms with van der Waals surface area (Å²) >= 11 is 12.1. The van der Waals surface area contributed by atoms with Gasteiger partial charge in [-0.3, -0.25) is 4.79 Å². The van der Waals surface area contributed by atoms with Crippen molar-refractivity contribution in [1.29, 1.82) is 0 Å². The van der Waals surface area contributed by atoms with E-state index in [2.05, 4.69) is 5.32 Å². The molecule has 0 fully saturated rings. The predicted octanol–water partition coefficient (Wildman–Crippen LogP) is 4.27. The van der Waals surface area contributed by atoms with Crippen LogP contribution in [0.2, 0.25) is 10.0 Å². The van der Waals surface area contributed by atoms with Crippen LogP contribution in [-0.4, -0.2) is 5.91 Å². The Morgan fingerprint density at radius 3 is 2.35 bits per heavy atom. The highest BCUT2D eigenvalue weighted by atomic mass is 35.5. The average Bonchev–Trinajstić information content (AvgIpc) is 2.39. The molecule has 5 heteroatoms. The van der Waals surface area contributed by atoms with E-state index >= 15 is 0 Å². The van der Waals surface area contributed by atoms with Gasteiger partial charge in [-0.05, 0) is 48.9 Å². The number of nitrogens with one attached hydrogen (secondary N) is 1. The molecular formula is C15H14Cl2N2O. The molecular weight excluding hydrogens is 295 g/mol. The fourth-order valence-corrected chi connectivity index (χ4v) is 2.48. The number of halogens is 2. The molecule has 104 valence electrons. The van der Waals surface area contributed by atoms with Crippen molar-refractivity contribution in [3.63, 3.8) is 0 Å². The number of nitrogens with two attached hydrogens (primary N) is 1. The lowest BCUT2D eigenvalue weighted by Crippen LogP contribution is -2.11. The molecule has 0 bridgehead atoms. The minimum absolute atomic E-state index is 0.0131. The second kappa shape index (κ2) is 6.16. The Kier molecular flexibility index (Phi) is 4.53. The second-order valence-corrected chi connectivity index (χ2v) is 5.32. The van der Waals surface area contributed by atoms with Gasteiger partial charge < -0.3 is 11.1 Å². The van der Waals surface area contributed by atoms with Crippen LogP contribution in [0, 0.1) is 0 Å². The van der Waals surface area contributed by atoms with Gasteiger partial charge in [0.1, 0.15) is 0 Å². The molecule has 2 rings (SSSR count). The van der Waals surface area contributed by atoms with Crippen molar-refractivity contribution in [1.82, 2.24) is 0 Å². The van der Waals surface area contributed by atoms with E-state index in [1.807, 2.05) is 13.0 Å². The Labute approximate surface area is 127 Å². The fourth-order valence-electron chi connectivity index (χ4n) is 1.91. The number of hydrogen-bond donors (Lipinski definition) is 2. The highest BCUT2D eigenvalue weighted by molar-refractivity contribution is 6.35. The van der Waals surface area contributed by atoms with E-state index in [1.54, 1.807) is 36.4 Å².